The lowest BCUT2D eigenvalue weighted by molar-refractivity contribution is -0.118. The molecule has 0 aliphatic heterocycles. The molecule has 0 saturated heterocycles. The third-order valence-electron chi connectivity index (χ3n) is 0.741. The lowest BCUT2D eigenvalue weighted by atomic mass is 10.4. The molecule has 0 heterocycles. The molecule has 0 bridgehead atoms. The zero-order valence-electron chi connectivity index (χ0n) is 5.77. The van der Waals surface area contributed by atoms with Crippen molar-refractivity contribution in [3.63, 3.8) is 0 Å². The number of hydrogen-bond donors (Lipinski definition) is 1. The maximum atomic E-state index is 10.3. The van der Waals surface area contributed by atoms with Crippen LogP contribution in [0.5, 0.6) is 0 Å². The zero-order valence-corrected chi connectivity index (χ0v) is 5.77. The van der Waals surface area contributed by atoms with Crippen LogP contribution in [0.25, 0.3) is 0 Å². The number of rotatable bonds is 2. The van der Waals surface area contributed by atoms with E-state index >= 15 is 0 Å². The number of carbonyl (C=O) groups is 1. The molecule has 1 amide bonds. The fourth-order valence-electron chi connectivity index (χ4n) is 0.496. The van der Waals surface area contributed by atoms with Gasteiger partial charge in [-0.15, -0.1) is 0 Å². The maximum absolute atomic E-state index is 10.3. The topological polar surface area (TPSA) is 29.1 Å². The molecule has 0 rings (SSSR count). The fraction of sp³-hybridized carbons (Fsp3) is 0.286. The van der Waals surface area contributed by atoms with Gasteiger partial charge in [0.15, 0.2) is 0 Å². The van der Waals surface area contributed by atoms with Crippen molar-refractivity contribution in [3.8, 4) is 0 Å². The summed E-state index contributed by atoms with van der Waals surface area (Å²) >= 11 is 0. The number of allylic oxidation sites excluding steroid dienone is 3. The van der Waals surface area contributed by atoms with Crippen molar-refractivity contribution in [2.45, 2.75) is 13.8 Å². The molecule has 0 aromatic carbocycles. The Labute approximate surface area is 55.3 Å². The fourth-order valence-corrected chi connectivity index (χ4v) is 0.496. The van der Waals surface area contributed by atoms with Crippen LogP contribution in [0.3, 0.4) is 0 Å². The Hall–Kier alpha value is -1.05. The summed E-state index contributed by atoms with van der Waals surface area (Å²) in [6, 6.07) is 0. The predicted molar refractivity (Wildman–Crippen MR) is 37.8 cm³/mol. The summed E-state index contributed by atoms with van der Waals surface area (Å²) in [6.07, 6.45) is 3.37. The van der Waals surface area contributed by atoms with Gasteiger partial charge < -0.3 is 5.32 Å². The predicted octanol–water partition coefficient (Wildman–Crippen LogP) is 1.21. The molecular weight excluding hydrogens is 114 g/mol. The largest absolute Gasteiger partial charge is 0.330 e. The van der Waals surface area contributed by atoms with Crippen molar-refractivity contribution in [2.75, 3.05) is 0 Å². The van der Waals surface area contributed by atoms with Gasteiger partial charge in [0.05, 0.1) is 0 Å². The van der Waals surface area contributed by atoms with Gasteiger partial charge in [-0.2, -0.15) is 0 Å². The molecule has 1 N–H and O–H groups in total. The Balaban J connectivity index is 3.75. The Morgan fingerprint density at radius 2 is 2.11 bits per heavy atom. The van der Waals surface area contributed by atoms with Gasteiger partial charge in [-0.25, -0.2) is 0 Å². The van der Waals surface area contributed by atoms with Crippen molar-refractivity contribution in [2.24, 2.45) is 0 Å². The third kappa shape index (κ3) is 4.81. The summed E-state index contributed by atoms with van der Waals surface area (Å²) in [5.41, 5.74) is 0.817. The lowest BCUT2D eigenvalue weighted by Gasteiger charge is -1.97. The first-order valence-corrected chi connectivity index (χ1v) is 2.73. The second-order valence-electron chi connectivity index (χ2n) is 1.77. The molecule has 0 aromatic rings. The molecule has 9 heavy (non-hydrogen) atoms. The van der Waals surface area contributed by atoms with E-state index in [1.807, 2.05) is 6.92 Å². The first kappa shape index (κ1) is 7.95. The molecule has 0 aliphatic carbocycles. The molecule has 0 spiro atoms. The SMILES string of the molecule is C=C/C=C(\C)NC(C)=O. The molecule has 0 radical (unpaired) electrons. The highest BCUT2D eigenvalue weighted by molar-refractivity contribution is 5.74. The van der Waals surface area contributed by atoms with Gasteiger partial charge in [-0.3, -0.25) is 4.79 Å². The Bertz CT molecular complexity index is 147. The van der Waals surface area contributed by atoms with Crippen LogP contribution in [-0.4, -0.2) is 5.91 Å². The van der Waals surface area contributed by atoms with Gasteiger partial charge in [0, 0.05) is 12.6 Å². The summed E-state index contributed by atoms with van der Waals surface area (Å²) in [6.45, 7) is 6.76. The number of amides is 1. The molecule has 2 heteroatoms. The van der Waals surface area contributed by atoms with Crippen molar-refractivity contribution >= 4 is 5.91 Å². The molecule has 0 aliphatic rings. The Morgan fingerprint density at radius 1 is 1.56 bits per heavy atom. The van der Waals surface area contributed by atoms with Crippen LogP contribution in [0.15, 0.2) is 24.4 Å². The zero-order chi connectivity index (χ0) is 7.28. The summed E-state index contributed by atoms with van der Waals surface area (Å²) < 4.78 is 0. The van der Waals surface area contributed by atoms with Crippen LogP contribution < -0.4 is 5.32 Å². The maximum Gasteiger partial charge on any atom is 0.220 e. The minimum Gasteiger partial charge on any atom is -0.330 e. The highest BCUT2D eigenvalue weighted by Crippen LogP contribution is 1.84. The molecule has 2 nitrogen and oxygen atoms in total. The molecule has 0 unspecified atom stereocenters. The van der Waals surface area contributed by atoms with Crippen LogP contribution in [0.1, 0.15) is 13.8 Å². The van der Waals surface area contributed by atoms with Crippen molar-refractivity contribution < 1.29 is 4.79 Å². The van der Waals surface area contributed by atoms with Gasteiger partial charge in [-0.1, -0.05) is 12.7 Å². The second kappa shape index (κ2) is 3.89. The average molecular weight is 125 g/mol. The molecule has 0 saturated carbocycles. The van der Waals surface area contributed by atoms with Crippen molar-refractivity contribution in [3.05, 3.63) is 24.4 Å². The lowest BCUT2D eigenvalue weighted by Crippen LogP contribution is -2.16. The van der Waals surface area contributed by atoms with Gasteiger partial charge in [-0.05, 0) is 13.0 Å². The van der Waals surface area contributed by atoms with Crippen LogP contribution in [0.4, 0.5) is 0 Å². The van der Waals surface area contributed by atoms with E-state index in [1.54, 1.807) is 12.2 Å². The first-order chi connectivity index (χ1) is 4.16. The van der Waals surface area contributed by atoms with E-state index in [0.717, 1.165) is 5.70 Å². The van der Waals surface area contributed by atoms with E-state index in [0.29, 0.717) is 0 Å². The van der Waals surface area contributed by atoms with E-state index in [2.05, 4.69) is 11.9 Å². The van der Waals surface area contributed by atoms with Crippen LogP contribution in [0, 0.1) is 0 Å². The minimum atomic E-state index is -0.0504. The normalized spacial score (nSPS) is 10.7. The highest BCUT2D eigenvalue weighted by atomic mass is 16.1. The summed E-state index contributed by atoms with van der Waals surface area (Å²) in [5, 5.41) is 2.59. The van der Waals surface area contributed by atoms with Crippen LogP contribution in [0.2, 0.25) is 0 Å². The van der Waals surface area contributed by atoms with Crippen LogP contribution >= 0.6 is 0 Å². The molecular formula is C7H11NO. The van der Waals surface area contributed by atoms with Crippen LogP contribution in [-0.2, 0) is 4.79 Å². The van der Waals surface area contributed by atoms with Gasteiger partial charge >= 0.3 is 0 Å². The monoisotopic (exact) mass is 125 g/mol. The third-order valence-corrected chi connectivity index (χ3v) is 0.741. The number of nitrogens with one attached hydrogen (secondary N) is 1. The van der Waals surface area contributed by atoms with E-state index in [1.165, 1.54) is 6.92 Å². The van der Waals surface area contributed by atoms with Crippen molar-refractivity contribution in [1.29, 1.82) is 0 Å². The molecule has 0 aromatic heterocycles. The Kier molecular flexibility index (Phi) is 3.44. The number of hydrogen-bond acceptors (Lipinski definition) is 1. The molecule has 0 fully saturated rings. The standard InChI is InChI=1S/C7H11NO/c1-4-5-6(2)8-7(3)9/h4-5H,1H2,2-3H3,(H,8,9)/b6-5+. The smallest absolute Gasteiger partial charge is 0.220 e. The van der Waals surface area contributed by atoms with Gasteiger partial charge in [0.2, 0.25) is 5.91 Å². The van der Waals surface area contributed by atoms with E-state index in [9.17, 15) is 4.79 Å². The second-order valence-corrected chi connectivity index (χ2v) is 1.77. The number of carbonyl (C=O) groups excluding carboxylic acids is 1. The summed E-state index contributed by atoms with van der Waals surface area (Å²) in [5.74, 6) is -0.0504. The highest BCUT2D eigenvalue weighted by Gasteiger charge is 1.87. The minimum absolute atomic E-state index is 0.0504. The molecule has 0 atom stereocenters. The average Bonchev–Trinajstić information content (AvgIpc) is 1.63. The summed E-state index contributed by atoms with van der Waals surface area (Å²) in [4.78, 5) is 10.3. The summed E-state index contributed by atoms with van der Waals surface area (Å²) in [7, 11) is 0. The Morgan fingerprint density at radius 3 is 2.44 bits per heavy atom. The van der Waals surface area contributed by atoms with E-state index in [-0.39, 0.29) is 5.91 Å². The van der Waals surface area contributed by atoms with Gasteiger partial charge in [0.1, 0.15) is 0 Å². The van der Waals surface area contributed by atoms with E-state index < -0.39 is 0 Å². The first-order valence-electron chi connectivity index (χ1n) is 2.73. The van der Waals surface area contributed by atoms with Gasteiger partial charge in [0.25, 0.3) is 0 Å². The van der Waals surface area contributed by atoms with Crippen molar-refractivity contribution in [1.82, 2.24) is 5.32 Å². The van der Waals surface area contributed by atoms with E-state index in [4.69, 9.17) is 0 Å². The quantitative estimate of drug-likeness (QED) is 0.552. The molecule has 50 valence electrons.